The van der Waals surface area contributed by atoms with E-state index < -0.39 is 0 Å². The standard InChI is InChI=1S/C23H26N4O4/c28-22(24-17-6-7-20-21(12-17)31-14-30-20)16-8-10-27(11-9-16)23(29)19-13-18(25-26-19)15-4-2-1-3-5-15/h1-7,12,16,18-19,25-26H,8-11,13-14H2,(H,24,28). The van der Waals surface area contributed by atoms with Crippen LogP contribution < -0.4 is 25.6 Å². The number of carbonyl (C=O) groups is 2. The molecular weight excluding hydrogens is 396 g/mol. The number of ether oxygens (including phenoxy) is 2. The van der Waals surface area contributed by atoms with Gasteiger partial charge in [0.2, 0.25) is 18.6 Å². The summed E-state index contributed by atoms with van der Waals surface area (Å²) in [5.41, 5.74) is 8.25. The molecule has 3 aliphatic rings. The van der Waals surface area contributed by atoms with Crippen LogP contribution in [0.3, 0.4) is 0 Å². The van der Waals surface area contributed by atoms with Gasteiger partial charge in [0, 0.05) is 36.8 Å². The lowest BCUT2D eigenvalue weighted by Gasteiger charge is -2.32. The summed E-state index contributed by atoms with van der Waals surface area (Å²) in [5, 5.41) is 2.96. The van der Waals surface area contributed by atoms with E-state index in [4.69, 9.17) is 9.47 Å². The van der Waals surface area contributed by atoms with Gasteiger partial charge >= 0.3 is 0 Å². The predicted molar refractivity (Wildman–Crippen MR) is 114 cm³/mol. The Morgan fingerprint density at radius 2 is 1.74 bits per heavy atom. The maximum atomic E-state index is 13.0. The summed E-state index contributed by atoms with van der Waals surface area (Å²) in [6.45, 7) is 1.38. The Kier molecular flexibility index (Phi) is 5.48. The number of fused-ring (bicyclic) bond motifs is 1. The number of hydrogen-bond donors (Lipinski definition) is 3. The van der Waals surface area contributed by atoms with Gasteiger partial charge in [-0.25, -0.2) is 10.9 Å². The van der Waals surface area contributed by atoms with Gasteiger partial charge in [0.1, 0.15) is 6.04 Å². The lowest BCUT2D eigenvalue weighted by molar-refractivity contribution is -0.136. The Morgan fingerprint density at radius 1 is 0.968 bits per heavy atom. The first-order valence-corrected chi connectivity index (χ1v) is 10.7. The molecule has 8 nitrogen and oxygen atoms in total. The molecule has 3 N–H and O–H groups in total. The fraction of sp³-hybridized carbons (Fsp3) is 0.391. The van der Waals surface area contributed by atoms with E-state index in [1.807, 2.05) is 29.2 Å². The van der Waals surface area contributed by atoms with Crippen molar-refractivity contribution >= 4 is 17.5 Å². The van der Waals surface area contributed by atoms with E-state index in [2.05, 4.69) is 28.3 Å². The summed E-state index contributed by atoms with van der Waals surface area (Å²) >= 11 is 0. The second-order valence-corrected chi connectivity index (χ2v) is 8.20. The number of piperidine rings is 1. The monoisotopic (exact) mass is 422 g/mol. The van der Waals surface area contributed by atoms with Gasteiger partial charge in [0.15, 0.2) is 11.5 Å². The summed E-state index contributed by atoms with van der Waals surface area (Å²) in [6, 6.07) is 15.4. The number of likely N-dealkylation sites (tertiary alicyclic amines) is 1. The summed E-state index contributed by atoms with van der Waals surface area (Å²) in [5.74, 6) is 1.30. The molecule has 0 radical (unpaired) electrons. The topological polar surface area (TPSA) is 91.9 Å². The first kappa shape index (κ1) is 19.8. The lowest BCUT2D eigenvalue weighted by Crippen LogP contribution is -2.49. The highest BCUT2D eigenvalue weighted by molar-refractivity contribution is 5.93. The number of nitrogens with zero attached hydrogens (tertiary/aromatic N) is 1. The molecule has 8 heteroatoms. The van der Waals surface area contributed by atoms with Crippen molar-refractivity contribution in [3.63, 3.8) is 0 Å². The van der Waals surface area contributed by atoms with Gasteiger partial charge in [-0.15, -0.1) is 0 Å². The quantitative estimate of drug-likeness (QED) is 0.700. The molecule has 0 aliphatic carbocycles. The van der Waals surface area contributed by atoms with Crippen molar-refractivity contribution in [1.82, 2.24) is 15.8 Å². The molecule has 2 amide bonds. The molecule has 2 atom stereocenters. The number of amides is 2. The van der Waals surface area contributed by atoms with Gasteiger partial charge in [-0.1, -0.05) is 30.3 Å². The van der Waals surface area contributed by atoms with Crippen molar-refractivity contribution in [3.8, 4) is 11.5 Å². The van der Waals surface area contributed by atoms with Crippen LogP contribution in [0.5, 0.6) is 11.5 Å². The Balaban J connectivity index is 1.12. The first-order valence-electron chi connectivity index (χ1n) is 10.7. The molecule has 3 heterocycles. The number of hydrazine groups is 1. The molecule has 2 fully saturated rings. The minimum Gasteiger partial charge on any atom is -0.454 e. The smallest absolute Gasteiger partial charge is 0.241 e. The Morgan fingerprint density at radius 3 is 2.55 bits per heavy atom. The zero-order valence-corrected chi connectivity index (χ0v) is 17.2. The predicted octanol–water partition coefficient (Wildman–Crippen LogP) is 2.20. The van der Waals surface area contributed by atoms with E-state index in [0.29, 0.717) is 49.5 Å². The highest BCUT2D eigenvalue weighted by atomic mass is 16.7. The van der Waals surface area contributed by atoms with Crippen LogP contribution in [0.25, 0.3) is 0 Å². The third kappa shape index (κ3) is 4.22. The maximum Gasteiger partial charge on any atom is 0.241 e. The number of hydrogen-bond acceptors (Lipinski definition) is 6. The molecule has 162 valence electrons. The third-order valence-electron chi connectivity index (χ3n) is 6.22. The fourth-order valence-corrected chi connectivity index (χ4v) is 4.42. The average Bonchev–Trinajstić information content (AvgIpc) is 3.49. The summed E-state index contributed by atoms with van der Waals surface area (Å²) in [4.78, 5) is 27.5. The van der Waals surface area contributed by atoms with Gasteiger partial charge in [0.25, 0.3) is 0 Å². The summed E-state index contributed by atoms with van der Waals surface area (Å²) in [6.07, 6.45) is 2.03. The minimum atomic E-state index is -0.246. The van der Waals surface area contributed by atoms with Crippen molar-refractivity contribution < 1.29 is 19.1 Å². The molecule has 3 aliphatic heterocycles. The highest BCUT2D eigenvalue weighted by Crippen LogP contribution is 2.34. The van der Waals surface area contributed by atoms with E-state index in [9.17, 15) is 9.59 Å². The molecule has 0 spiro atoms. The van der Waals surface area contributed by atoms with Crippen molar-refractivity contribution in [2.75, 3.05) is 25.2 Å². The largest absolute Gasteiger partial charge is 0.454 e. The maximum absolute atomic E-state index is 13.0. The van der Waals surface area contributed by atoms with Crippen LogP contribution in [0.15, 0.2) is 48.5 Å². The minimum absolute atomic E-state index is 0.0178. The van der Waals surface area contributed by atoms with Crippen LogP contribution >= 0.6 is 0 Å². The molecule has 2 aromatic rings. The molecule has 0 aromatic heterocycles. The van der Waals surface area contributed by atoms with Crippen LogP contribution in [-0.2, 0) is 9.59 Å². The number of nitrogens with one attached hydrogen (secondary N) is 3. The van der Waals surface area contributed by atoms with Crippen LogP contribution in [0.1, 0.15) is 30.9 Å². The SMILES string of the molecule is O=C(Nc1ccc2c(c1)OCO2)C1CCN(C(=O)C2CC(c3ccccc3)NN2)CC1. The molecular formula is C23H26N4O4. The molecule has 2 aromatic carbocycles. The fourth-order valence-electron chi connectivity index (χ4n) is 4.42. The van der Waals surface area contributed by atoms with E-state index in [0.717, 1.165) is 0 Å². The van der Waals surface area contributed by atoms with Gasteiger partial charge in [-0.3, -0.25) is 9.59 Å². The average molecular weight is 422 g/mol. The number of carbonyl (C=O) groups excluding carboxylic acids is 2. The Labute approximate surface area is 180 Å². The van der Waals surface area contributed by atoms with Crippen molar-refractivity contribution in [1.29, 1.82) is 0 Å². The van der Waals surface area contributed by atoms with Crippen LogP contribution in [-0.4, -0.2) is 42.6 Å². The number of benzene rings is 2. The van der Waals surface area contributed by atoms with E-state index in [-0.39, 0.29) is 36.6 Å². The molecule has 5 rings (SSSR count). The highest BCUT2D eigenvalue weighted by Gasteiger charge is 2.35. The zero-order valence-electron chi connectivity index (χ0n) is 17.2. The molecule has 2 saturated heterocycles. The van der Waals surface area contributed by atoms with Crippen molar-refractivity contribution in [3.05, 3.63) is 54.1 Å². The van der Waals surface area contributed by atoms with Crippen LogP contribution in [0.2, 0.25) is 0 Å². The normalized spacial score (nSPS) is 23.0. The molecule has 31 heavy (non-hydrogen) atoms. The Bertz CT molecular complexity index is 959. The number of anilines is 1. The second-order valence-electron chi connectivity index (χ2n) is 8.20. The van der Waals surface area contributed by atoms with E-state index in [1.165, 1.54) is 5.56 Å². The number of rotatable bonds is 4. The summed E-state index contributed by atoms with van der Waals surface area (Å²) in [7, 11) is 0. The van der Waals surface area contributed by atoms with Gasteiger partial charge in [-0.05, 0) is 37.0 Å². The van der Waals surface area contributed by atoms with Crippen molar-refractivity contribution in [2.24, 2.45) is 5.92 Å². The van der Waals surface area contributed by atoms with Crippen LogP contribution in [0.4, 0.5) is 5.69 Å². The summed E-state index contributed by atoms with van der Waals surface area (Å²) < 4.78 is 10.7. The van der Waals surface area contributed by atoms with Gasteiger partial charge in [0.05, 0.1) is 0 Å². The van der Waals surface area contributed by atoms with Crippen molar-refractivity contribution in [2.45, 2.75) is 31.3 Å². The molecule has 0 saturated carbocycles. The van der Waals surface area contributed by atoms with E-state index >= 15 is 0 Å². The molecule has 0 bridgehead atoms. The Hall–Kier alpha value is -3.10. The second kappa shape index (κ2) is 8.56. The zero-order chi connectivity index (χ0) is 21.2. The lowest BCUT2D eigenvalue weighted by atomic mass is 9.94. The first-order chi connectivity index (χ1) is 15.2. The van der Waals surface area contributed by atoms with Gasteiger partial charge < -0.3 is 19.7 Å². The van der Waals surface area contributed by atoms with E-state index in [1.54, 1.807) is 12.1 Å². The van der Waals surface area contributed by atoms with Crippen LogP contribution in [0, 0.1) is 5.92 Å². The molecule has 2 unspecified atom stereocenters. The third-order valence-corrected chi connectivity index (χ3v) is 6.22. The van der Waals surface area contributed by atoms with Gasteiger partial charge in [-0.2, -0.15) is 0 Å².